The van der Waals surface area contributed by atoms with E-state index >= 15 is 0 Å². The van der Waals surface area contributed by atoms with Crippen molar-refractivity contribution in [2.24, 2.45) is 0 Å². The molecular formula is C13H12Cl2O. The van der Waals surface area contributed by atoms with Crippen molar-refractivity contribution in [3.8, 4) is 0 Å². The summed E-state index contributed by atoms with van der Waals surface area (Å²) in [6.45, 7) is 1.91. The van der Waals surface area contributed by atoms with Gasteiger partial charge in [0, 0.05) is 10.6 Å². The Morgan fingerprint density at radius 3 is 2.69 bits per heavy atom. The van der Waals surface area contributed by atoms with Crippen LogP contribution in [0.25, 0.3) is 0 Å². The summed E-state index contributed by atoms with van der Waals surface area (Å²) in [5, 5.41) is 0.658. The van der Waals surface area contributed by atoms with E-state index in [0.717, 1.165) is 21.9 Å². The van der Waals surface area contributed by atoms with Gasteiger partial charge in [-0.2, -0.15) is 0 Å². The van der Waals surface area contributed by atoms with Crippen LogP contribution in [0.4, 0.5) is 0 Å². The standard InChI is InChI=1S/C13H12Cl2O/c1-9-6-11(8-16-9)13(15)7-10-4-2-3-5-12(10)14/h2-6,8,13H,7H2,1H3. The van der Waals surface area contributed by atoms with E-state index in [2.05, 4.69) is 0 Å². The van der Waals surface area contributed by atoms with E-state index < -0.39 is 0 Å². The van der Waals surface area contributed by atoms with Gasteiger partial charge in [0.1, 0.15) is 5.76 Å². The molecular weight excluding hydrogens is 243 g/mol. The van der Waals surface area contributed by atoms with E-state index in [1.54, 1.807) is 6.26 Å². The van der Waals surface area contributed by atoms with Crippen molar-refractivity contribution < 1.29 is 4.42 Å². The fourth-order valence-electron chi connectivity index (χ4n) is 1.60. The second-order valence-corrected chi connectivity index (χ2v) is 4.69. The van der Waals surface area contributed by atoms with Crippen LogP contribution in [0.3, 0.4) is 0 Å². The molecule has 3 heteroatoms. The highest BCUT2D eigenvalue weighted by Gasteiger charge is 2.12. The van der Waals surface area contributed by atoms with Gasteiger partial charge in [0.05, 0.1) is 11.6 Å². The Morgan fingerprint density at radius 1 is 1.31 bits per heavy atom. The fourth-order valence-corrected chi connectivity index (χ4v) is 2.10. The van der Waals surface area contributed by atoms with E-state index in [1.165, 1.54) is 0 Å². The highest BCUT2D eigenvalue weighted by Crippen LogP contribution is 2.29. The molecule has 0 radical (unpaired) electrons. The molecule has 0 N–H and O–H groups in total. The van der Waals surface area contributed by atoms with Gasteiger partial charge in [0.25, 0.3) is 0 Å². The van der Waals surface area contributed by atoms with E-state index in [0.29, 0.717) is 6.42 Å². The fraction of sp³-hybridized carbons (Fsp3) is 0.231. The summed E-state index contributed by atoms with van der Waals surface area (Å²) in [6, 6.07) is 9.70. The molecule has 0 aliphatic rings. The molecule has 1 nitrogen and oxygen atoms in total. The molecule has 0 bridgehead atoms. The molecule has 1 heterocycles. The Balaban J connectivity index is 2.13. The van der Waals surface area contributed by atoms with Gasteiger partial charge < -0.3 is 4.42 Å². The molecule has 2 rings (SSSR count). The molecule has 1 aromatic heterocycles. The number of aryl methyl sites for hydroxylation is 1. The molecule has 0 aliphatic heterocycles. The Hall–Kier alpha value is -0.920. The Morgan fingerprint density at radius 2 is 2.06 bits per heavy atom. The second-order valence-electron chi connectivity index (χ2n) is 3.75. The van der Waals surface area contributed by atoms with Gasteiger partial charge in [-0.05, 0) is 31.0 Å². The zero-order valence-electron chi connectivity index (χ0n) is 8.91. The van der Waals surface area contributed by atoms with Crippen molar-refractivity contribution in [1.29, 1.82) is 0 Å². The Labute approximate surface area is 105 Å². The van der Waals surface area contributed by atoms with Crippen molar-refractivity contribution in [2.75, 3.05) is 0 Å². The van der Waals surface area contributed by atoms with Crippen LogP contribution < -0.4 is 0 Å². The van der Waals surface area contributed by atoms with Crippen LogP contribution >= 0.6 is 23.2 Å². The van der Waals surface area contributed by atoms with Crippen LogP contribution in [-0.4, -0.2) is 0 Å². The summed E-state index contributed by atoms with van der Waals surface area (Å²) in [4.78, 5) is 0. The van der Waals surface area contributed by atoms with Gasteiger partial charge in [-0.25, -0.2) is 0 Å². The van der Waals surface area contributed by atoms with Gasteiger partial charge in [0.2, 0.25) is 0 Å². The molecule has 0 saturated carbocycles. The zero-order valence-corrected chi connectivity index (χ0v) is 10.4. The second kappa shape index (κ2) is 4.94. The maximum absolute atomic E-state index is 6.31. The number of hydrogen-bond acceptors (Lipinski definition) is 1. The average molecular weight is 255 g/mol. The van der Waals surface area contributed by atoms with Crippen LogP contribution in [0.2, 0.25) is 5.02 Å². The van der Waals surface area contributed by atoms with Crippen molar-refractivity contribution in [3.05, 3.63) is 58.5 Å². The molecule has 0 spiro atoms. The van der Waals surface area contributed by atoms with Gasteiger partial charge >= 0.3 is 0 Å². The molecule has 1 atom stereocenters. The molecule has 1 unspecified atom stereocenters. The lowest BCUT2D eigenvalue weighted by atomic mass is 10.1. The maximum atomic E-state index is 6.31. The highest BCUT2D eigenvalue weighted by molar-refractivity contribution is 6.31. The average Bonchev–Trinajstić information content (AvgIpc) is 2.68. The maximum Gasteiger partial charge on any atom is 0.101 e. The van der Waals surface area contributed by atoms with Gasteiger partial charge in [-0.1, -0.05) is 29.8 Å². The van der Waals surface area contributed by atoms with Gasteiger partial charge in [-0.3, -0.25) is 0 Å². The lowest BCUT2D eigenvalue weighted by Gasteiger charge is -2.08. The first-order valence-corrected chi connectivity index (χ1v) is 5.91. The molecule has 0 saturated heterocycles. The predicted molar refractivity (Wildman–Crippen MR) is 67.2 cm³/mol. The quantitative estimate of drug-likeness (QED) is 0.720. The largest absolute Gasteiger partial charge is 0.469 e. The Kier molecular flexibility index (Phi) is 3.57. The molecule has 1 aromatic carbocycles. The summed E-state index contributed by atoms with van der Waals surface area (Å²) in [5.41, 5.74) is 2.06. The smallest absolute Gasteiger partial charge is 0.101 e. The number of alkyl halides is 1. The minimum absolute atomic E-state index is 0.0997. The van der Waals surface area contributed by atoms with Crippen molar-refractivity contribution in [1.82, 2.24) is 0 Å². The number of rotatable bonds is 3. The minimum atomic E-state index is -0.0997. The van der Waals surface area contributed by atoms with Crippen LogP contribution in [0.1, 0.15) is 22.3 Å². The van der Waals surface area contributed by atoms with Crippen molar-refractivity contribution in [2.45, 2.75) is 18.7 Å². The lowest BCUT2D eigenvalue weighted by Crippen LogP contribution is -1.94. The summed E-state index contributed by atoms with van der Waals surface area (Å²) in [6.07, 6.45) is 2.41. The SMILES string of the molecule is Cc1cc(C(Cl)Cc2ccccc2Cl)co1. The molecule has 2 aromatic rings. The number of benzene rings is 1. The minimum Gasteiger partial charge on any atom is -0.469 e. The molecule has 84 valence electrons. The van der Waals surface area contributed by atoms with E-state index in [-0.39, 0.29) is 5.38 Å². The third kappa shape index (κ3) is 2.60. The van der Waals surface area contributed by atoms with Crippen molar-refractivity contribution >= 4 is 23.2 Å². The Bertz CT molecular complexity index is 476. The summed E-state index contributed by atoms with van der Waals surface area (Å²) >= 11 is 12.4. The van der Waals surface area contributed by atoms with Gasteiger partial charge in [0.15, 0.2) is 0 Å². The molecule has 0 aliphatic carbocycles. The zero-order chi connectivity index (χ0) is 11.5. The number of hydrogen-bond donors (Lipinski definition) is 0. The first-order chi connectivity index (χ1) is 7.66. The van der Waals surface area contributed by atoms with Crippen LogP contribution in [0.15, 0.2) is 41.0 Å². The van der Waals surface area contributed by atoms with Crippen LogP contribution in [0, 0.1) is 6.92 Å². The van der Waals surface area contributed by atoms with Crippen molar-refractivity contribution in [3.63, 3.8) is 0 Å². The monoisotopic (exact) mass is 254 g/mol. The van der Waals surface area contributed by atoms with E-state index in [1.807, 2.05) is 37.3 Å². The highest BCUT2D eigenvalue weighted by atomic mass is 35.5. The third-order valence-corrected chi connectivity index (χ3v) is 3.24. The van der Waals surface area contributed by atoms with Crippen LogP contribution in [-0.2, 0) is 6.42 Å². The molecule has 16 heavy (non-hydrogen) atoms. The van der Waals surface area contributed by atoms with E-state index in [4.69, 9.17) is 27.6 Å². The molecule has 0 fully saturated rings. The number of furan rings is 1. The van der Waals surface area contributed by atoms with Crippen LogP contribution in [0.5, 0.6) is 0 Å². The normalized spacial score (nSPS) is 12.7. The topological polar surface area (TPSA) is 13.1 Å². The predicted octanol–water partition coefficient (Wildman–Crippen LogP) is 4.76. The van der Waals surface area contributed by atoms with Gasteiger partial charge in [-0.15, -0.1) is 11.6 Å². The van der Waals surface area contributed by atoms with E-state index in [9.17, 15) is 0 Å². The summed E-state index contributed by atoms with van der Waals surface area (Å²) in [7, 11) is 0. The summed E-state index contributed by atoms with van der Waals surface area (Å²) < 4.78 is 5.24. The lowest BCUT2D eigenvalue weighted by molar-refractivity contribution is 0.531. The summed E-state index contributed by atoms with van der Waals surface area (Å²) in [5.74, 6) is 0.875. The third-order valence-electron chi connectivity index (χ3n) is 2.47. The first-order valence-electron chi connectivity index (χ1n) is 5.09. The number of halogens is 2. The first kappa shape index (κ1) is 11.6. The molecule has 0 amide bonds.